The molecule has 3 rings (SSSR count). The highest BCUT2D eigenvalue weighted by atomic mass is 16.6. The summed E-state index contributed by atoms with van der Waals surface area (Å²) in [4.78, 5) is 26.4. The highest BCUT2D eigenvalue weighted by Crippen LogP contribution is 2.40. The van der Waals surface area contributed by atoms with Crippen LogP contribution in [0.5, 0.6) is 0 Å². The highest BCUT2D eigenvalue weighted by Gasteiger charge is 2.34. The summed E-state index contributed by atoms with van der Waals surface area (Å²) in [6.45, 7) is 2.80. The molecule has 1 aliphatic carbocycles. The smallest absolute Gasteiger partial charge is 0.409 e. The molecular formula is C15H19N3O4. The Morgan fingerprint density at radius 1 is 1.32 bits per heavy atom. The predicted octanol–water partition coefficient (Wildman–Crippen LogP) is 1.97. The second-order valence-electron chi connectivity index (χ2n) is 5.65. The Kier molecular flexibility index (Phi) is 3.98. The number of nitrogens with zero attached hydrogens (tertiary/aromatic N) is 3. The standard InChI is InChI=1S/C15H19N3O4/c1-22-15(19)17-9-7-16(8-10-17)13-6-5-12-11(13)3-2-4-14(12)18(20)21/h2-4,13H,5-10H2,1H3. The molecule has 1 atom stereocenters. The van der Waals surface area contributed by atoms with Gasteiger partial charge in [-0.2, -0.15) is 0 Å². The predicted molar refractivity (Wildman–Crippen MR) is 79.7 cm³/mol. The van der Waals surface area contributed by atoms with Gasteiger partial charge in [-0.05, 0) is 18.4 Å². The first kappa shape index (κ1) is 14.8. The molecule has 2 aliphatic rings. The number of nitro benzene ring substituents is 1. The van der Waals surface area contributed by atoms with Crippen LogP contribution in [0, 0.1) is 10.1 Å². The van der Waals surface area contributed by atoms with Crippen molar-refractivity contribution in [1.82, 2.24) is 9.80 Å². The second-order valence-corrected chi connectivity index (χ2v) is 5.65. The van der Waals surface area contributed by atoms with Gasteiger partial charge < -0.3 is 9.64 Å². The van der Waals surface area contributed by atoms with Crippen LogP contribution < -0.4 is 0 Å². The van der Waals surface area contributed by atoms with Crippen molar-refractivity contribution in [3.05, 3.63) is 39.4 Å². The number of nitro groups is 1. The lowest BCUT2D eigenvalue weighted by Crippen LogP contribution is -2.49. The number of carbonyl (C=O) groups is 1. The first-order chi connectivity index (χ1) is 10.6. The number of fused-ring (bicyclic) bond motifs is 1. The average Bonchev–Trinajstić information content (AvgIpc) is 2.98. The van der Waals surface area contributed by atoms with Crippen LogP contribution in [0.3, 0.4) is 0 Å². The third-order valence-electron chi connectivity index (χ3n) is 4.60. The Hall–Kier alpha value is -2.15. The van der Waals surface area contributed by atoms with Crippen molar-refractivity contribution < 1.29 is 14.5 Å². The van der Waals surface area contributed by atoms with Crippen molar-refractivity contribution in [3.63, 3.8) is 0 Å². The van der Waals surface area contributed by atoms with Gasteiger partial charge in [-0.3, -0.25) is 15.0 Å². The average molecular weight is 305 g/mol. The van der Waals surface area contributed by atoms with Crippen molar-refractivity contribution in [3.8, 4) is 0 Å². The van der Waals surface area contributed by atoms with E-state index in [4.69, 9.17) is 4.74 Å². The topological polar surface area (TPSA) is 75.9 Å². The summed E-state index contributed by atoms with van der Waals surface area (Å²) in [6.07, 6.45) is 1.36. The minimum Gasteiger partial charge on any atom is -0.453 e. The van der Waals surface area contributed by atoms with Gasteiger partial charge in [-0.15, -0.1) is 0 Å². The fourth-order valence-electron chi connectivity index (χ4n) is 3.51. The van der Waals surface area contributed by atoms with Crippen LogP contribution in [0.25, 0.3) is 0 Å². The Morgan fingerprint density at radius 3 is 2.68 bits per heavy atom. The van der Waals surface area contributed by atoms with Crippen LogP contribution in [0.1, 0.15) is 23.6 Å². The zero-order valence-electron chi connectivity index (χ0n) is 12.5. The molecule has 0 saturated carbocycles. The van der Waals surface area contributed by atoms with Crippen molar-refractivity contribution in [1.29, 1.82) is 0 Å². The molecule has 0 N–H and O–H groups in total. The number of benzene rings is 1. The Labute approximate surface area is 128 Å². The molecule has 0 spiro atoms. The summed E-state index contributed by atoms with van der Waals surface area (Å²) in [6, 6.07) is 5.55. The van der Waals surface area contributed by atoms with E-state index < -0.39 is 0 Å². The molecule has 1 aromatic carbocycles. The van der Waals surface area contributed by atoms with Gasteiger partial charge in [0.1, 0.15) is 0 Å². The van der Waals surface area contributed by atoms with Gasteiger partial charge in [-0.25, -0.2) is 4.79 Å². The maximum Gasteiger partial charge on any atom is 0.409 e. The number of piperazine rings is 1. The van der Waals surface area contributed by atoms with Crippen LogP contribution in [0.2, 0.25) is 0 Å². The van der Waals surface area contributed by atoms with Crippen molar-refractivity contribution in [2.24, 2.45) is 0 Å². The van der Waals surface area contributed by atoms with E-state index in [1.54, 1.807) is 17.0 Å². The van der Waals surface area contributed by atoms with Crippen molar-refractivity contribution >= 4 is 11.8 Å². The van der Waals surface area contributed by atoms with E-state index in [1.165, 1.54) is 7.11 Å². The van der Waals surface area contributed by atoms with Gasteiger partial charge in [0.2, 0.25) is 0 Å². The molecule has 0 radical (unpaired) electrons. The quantitative estimate of drug-likeness (QED) is 0.617. The SMILES string of the molecule is COC(=O)N1CCN(C2CCc3c2cccc3[N+](=O)[O-])CC1. The van der Waals surface area contributed by atoms with Gasteiger partial charge in [-0.1, -0.05) is 12.1 Å². The summed E-state index contributed by atoms with van der Waals surface area (Å²) >= 11 is 0. The minimum absolute atomic E-state index is 0.217. The van der Waals surface area contributed by atoms with E-state index in [2.05, 4.69) is 4.90 Å². The van der Waals surface area contributed by atoms with E-state index in [1.807, 2.05) is 6.07 Å². The molecule has 22 heavy (non-hydrogen) atoms. The fraction of sp³-hybridized carbons (Fsp3) is 0.533. The largest absolute Gasteiger partial charge is 0.453 e. The molecule has 0 bridgehead atoms. The Balaban J connectivity index is 1.74. The summed E-state index contributed by atoms with van der Waals surface area (Å²) < 4.78 is 4.74. The Morgan fingerprint density at radius 2 is 2.05 bits per heavy atom. The van der Waals surface area contributed by atoms with E-state index in [0.29, 0.717) is 13.1 Å². The first-order valence-electron chi connectivity index (χ1n) is 7.45. The lowest BCUT2D eigenvalue weighted by molar-refractivity contribution is -0.385. The molecule has 1 amide bonds. The molecule has 1 heterocycles. The molecular weight excluding hydrogens is 286 g/mol. The molecule has 0 aromatic heterocycles. The van der Waals surface area contributed by atoms with Crippen LogP contribution in [-0.2, 0) is 11.2 Å². The highest BCUT2D eigenvalue weighted by molar-refractivity contribution is 5.67. The molecule has 1 aliphatic heterocycles. The van der Waals surface area contributed by atoms with Crippen molar-refractivity contribution in [2.75, 3.05) is 33.3 Å². The lowest BCUT2D eigenvalue weighted by atomic mass is 10.0. The third kappa shape index (κ3) is 2.52. The van der Waals surface area contributed by atoms with E-state index in [0.717, 1.165) is 37.1 Å². The fourth-order valence-corrected chi connectivity index (χ4v) is 3.51. The number of ether oxygens (including phenoxy) is 1. The third-order valence-corrected chi connectivity index (χ3v) is 4.60. The second kappa shape index (κ2) is 5.92. The normalized spacial score (nSPS) is 21.5. The van der Waals surface area contributed by atoms with E-state index >= 15 is 0 Å². The summed E-state index contributed by atoms with van der Waals surface area (Å²) in [5.41, 5.74) is 2.17. The lowest BCUT2D eigenvalue weighted by Gasteiger charge is -2.37. The zero-order chi connectivity index (χ0) is 15.7. The number of rotatable bonds is 2. The van der Waals surface area contributed by atoms with Gasteiger partial charge in [0, 0.05) is 43.9 Å². The monoisotopic (exact) mass is 305 g/mol. The van der Waals surface area contributed by atoms with Crippen LogP contribution >= 0.6 is 0 Å². The van der Waals surface area contributed by atoms with E-state index in [9.17, 15) is 14.9 Å². The maximum absolute atomic E-state index is 11.5. The number of carbonyl (C=O) groups excluding carboxylic acids is 1. The molecule has 1 fully saturated rings. The zero-order valence-corrected chi connectivity index (χ0v) is 12.5. The molecule has 7 heteroatoms. The summed E-state index contributed by atoms with van der Waals surface area (Å²) in [7, 11) is 1.39. The van der Waals surface area contributed by atoms with Gasteiger partial charge in [0.25, 0.3) is 5.69 Å². The first-order valence-corrected chi connectivity index (χ1v) is 7.45. The maximum atomic E-state index is 11.5. The number of methoxy groups -OCH3 is 1. The van der Waals surface area contributed by atoms with Gasteiger partial charge in [0.05, 0.1) is 12.0 Å². The van der Waals surface area contributed by atoms with Crippen LogP contribution in [0.4, 0.5) is 10.5 Å². The summed E-state index contributed by atoms with van der Waals surface area (Å²) in [5, 5.41) is 11.1. The minimum atomic E-state index is -0.295. The molecule has 118 valence electrons. The molecule has 1 saturated heterocycles. The van der Waals surface area contributed by atoms with E-state index in [-0.39, 0.29) is 22.7 Å². The summed E-state index contributed by atoms with van der Waals surface area (Å²) in [5.74, 6) is 0. The van der Waals surface area contributed by atoms with Crippen LogP contribution in [-0.4, -0.2) is 54.1 Å². The van der Waals surface area contributed by atoms with Gasteiger partial charge >= 0.3 is 6.09 Å². The molecule has 1 aromatic rings. The molecule has 7 nitrogen and oxygen atoms in total. The Bertz CT molecular complexity index is 596. The molecule has 1 unspecified atom stereocenters. The van der Waals surface area contributed by atoms with Crippen molar-refractivity contribution in [2.45, 2.75) is 18.9 Å². The van der Waals surface area contributed by atoms with Crippen LogP contribution in [0.15, 0.2) is 18.2 Å². The number of amides is 1. The number of hydrogen-bond donors (Lipinski definition) is 0. The number of hydrogen-bond acceptors (Lipinski definition) is 5. The van der Waals surface area contributed by atoms with Gasteiger partial charge in [0.15, 0.2) is 0 Å².